The smallest absolute Gasteiger partial charge is 0.342 e. The van der Waals surface area contributed by atoms with Crippen molar-refractivity contribution < 1.29 is 27.7 Å². The van der Waals surface area contributed by atoms with Crippen LogP contribution in [0.5, 0.6) is 0 Å². The lowest BCUT2D eigenvalue weighted by atomic mass is 10.1. The molecule has 1 saturated carbocycles. The predicted molar refractivity (Wildman–Crippen MR) is 87.3 cm³/mol. The Morgan fingerprint density at radius 3 is 2.63 bits per heavy atom. The number of amides is 2. The molecular formula is C16H17F3N4O4. The molecule has 27 heavy (non-hydrogen) atoms. The second-order valence-electron chi connectivity index (χ2n) is 6.74. The van der Waals surface area contributed by atoms with Gasteiger partial charge in [0.25, 0.3) is 5.69 Å². The Kier molecular flexibility index (Phi) is 4.94. The molecule has 1 aliphatic heterocycles. The first-order valence-electron chi connectivity index (χ1n) is 8.34. The molecule has 146 valence electrons. The van der Waals surface area contributed by atoms with Gasteiger partial charge in [-0.3, -0.25) is 30.6 Å². The average Bonchev–Trinajstić information content (AvgIpc) is 3.33. The highest BCUT2D eigenvalue weighted by Gasteiger charge is 2.37. The Balaban J connectivity index is 1.63. The van der Waals surface area contributed by atoms with Crippen molar-refractivity contribution in [2.24, 2.45) is 11.8 Å². The number of rotatable bonds is 6. The summed E-state index contributed by atoms with van der Waals surface area (Å²) in [5, 5.41) is 11.0. The Morgan fingerprint density at radius 2 is 2.04 bits per heavy atom. The number of carbonyl (C=O) groups excluding carboxylic acids is 2. The van der Waals surface area contributed by atoms with Gasteiger partial charge in [0.15, 0.2) is 0 Å². The minimum atomic E-state index is -4.72. The third-order valence-electron chi connectivity index (χ3n) is 4.60. The van der Waals surface area contributed by atoms with Gasteiger partial charge in [-0.1, -0.05) is 0 Å². The Bertz CT molecular complexity index is 779. The maximum Gasteiger partial charge on any atom is 0.416 e. The molecule has 2 fully saturated rings. The van der Waals surface area contributed by atoms with Gasteiger partial charge in [0.05, 0.1) is 16.4 Å². The maximum atomic E-state index is 12.7. The minimum Gasteiger partial charge on any atom is -0.342 e. The number of carbonyl (C=O) groups is 2. The van der Waals surface area contributed by atoms with Crippen LogP contribution in [0.25, 0.3) is 0 Å². The maximum absolute atomic E-state index is 12.7. The van der Waals surface area contributed by atoms with Crippen LogP contribution in [0.1, 0.15) is 24.8 Å². The SMILES string of the molecule is O=C(NNc1ccc(C(F)(F)F)cc1[N+](=O)[O-])C1CC(=O)N(CC2CC2)C1. The standard InChI is InChI=1S/C16H17F3N4O4/c17-16(18,19)11-3-4-12(13(6-11)23(26)27)20-21-15(25)10-5-14(24)22(8-10)7-9-1-2-9/h3-4,6,9-10,20H,1-2,5,7-8H2,(H,21,25). The van der Waals surface area contributed by atoms with Crippen LogP contribution in [0, 0.1) is 22.0 Å². The lowest BCUT2D eigenvalue weighted by Crippen LogP contribution is -2.37. The highest BCUT2D eigenvalue weighted by Crippen LogP contribution is 2.35. The molecule has 1 aliphatic carbocycles. The number of hydrogen-bond donors (Lipinski definition) is 2. The number of nitrogens with one attached hydrogen (secondary N) is 2. The largest absolute Gasteiger partial charge is 0.416 e. The summed E-state index contributed by atoms with van der Waals surface area (Å²) in [7, 11) is 0. The highest BCUT2D eigenvalue weighted by molar-refractivity contribution is 5.90. The zero-order valence-electron chi connectivity index (χ0n) is 14.1. The van der Waals surface area contributed by atoms with Crippen molar-refractivity contribution in [3.63, 3.8) is 0 Å². The molecule has 0 aromatic heterocycles. The van der Waals surface area contributed by atoms with E-state index in [1.54, 1.807) is 4.90 Å². The van der Waals surface area contributed by atoms with Crippen molar-refractivity contribution in [2.45, 2.75) is 25.4 Å². The van der Waals surface area contributed by atoms with E-state index in [4.69, 9.17) is 0 Å². The van der Waals surface area contributed by atoms with Crippen molar-refractivity contribution in [1.82, 2.24) is 10.3 Å². The first kappa shape index (κ1) is 18.9. The minimum absolute atomic E-state index is 0.0370. The van der Waals surface area contributed by atoms with Gasteiger partial charge in [0.2, 0.25) is 11.8 Å². The molecular weight excluding hydrogens is 369 g/mol. The number of nitro benzene ring substituents is 1. The first-order chi connectivity index (χ1) is 12.6. The molecule has 2 N–H and O–H groups in total. The van der Waals surface area contributed by atoms with Gasteiger partial charge in [-0.05, 0) is 30.9 Å². The molecule has 1 aromatic carbocycles. The first-order valence-corrected chi connectivity index (χ1v) is 8.34. The lowest BCUT2D eigenvalue weighted by molar-refractivity contribution is -0.384. The van der Waals surface area contributed by atoms with E-state index in [0.29, 0.717) is 24.6 Å². The molecule has 1 heterocycles. The lowest BCUT2D eigenvalue weighted by Gasteiger charge is -2.16. The topological polar surface area (TPSA) is 105 Å². The van der Waals surface area contributed by atoms with Gasteiger partial charge in [0, 0.05) is 25.6 Å². The van der Waals surface area contributed by atoms with E-state index in [1.807, 2.05) is 0 Å². The van der Waals surface area contributed by atoms with Crippen molar-refractivity contribution in [3.05, 3.63) is 33.9 Å². The molecule has 0 radical (unpaired) electrons. The Morgan fingerprint density at radius 1 is 1.33 bits per heavy atom. The average molecular weight is 386 g/mol. The molecule has 1 aromatic rings. The number of hydrogen-bond acceptors (Lipinski definition) is 5. The molecule has 2 aliphatic rings. The molecule has 1 atom stereocenters. The number of alkyl halides is 3. The van der Waals surface area contributed by atoms with Crippen LogP contribution in [0.2, 0.25) is 0 Å². The van der Waals surface area contributed by atoms with E-state index >= 15 is 0 Å². The predicted octanol–water partition coefficient (Wildman–Crippen LogP) is 2.32. The number of nitrogens with zero attached hydrogens (tertiary/aromatic N) is 2. The third kappa shape index (κ3) is 4.47. The monoisotopic (exact) mass is 386 g/mol. The number of nitro groups is 1. The molecule has 0 spiro atoms. The van der Waals surface area contributed by atoms with E-state index in [1.165, 1.54) is 0 Å². The van der Waals surface area contributed by atoms with Crippen LogP contribution < -0.4 is 10.9 Å². The van der Waals surface area contributed by atoms with E-state index in [0.717, 1.165) is 18.9 Å². The van der Waals surface area contributed by atoms with Crippen molar-refractivity contribution in [1.29, 1.82) is 0 Å². The van der Waals surface area contributed by atoms with Crippen molar-refractivity contribution >= 4 is 23.2 Å². The number of halogens is 3. The van der Waals surface area contributed by atoms with E-state index in [9.17, 15) is 32.9 Å². The van der Waals surface area contributed by atoms with Crippen LogP contribution in [-0.4, -0.2) is 34.7 Å². The van der Waals surface area contributed by atoms with Crippen molar-refractivity contribution in [2.75, 3.05) is 18.5 Å². The molecule has 1 saturated heterocycles. The molecule has 1 unspecified atom stereocenters. The second kappa shape index (κ2) is 7.05. The van der Waals surface area contributed by atoms with Crippen LogP contribution >= 0.6 is 0 Å². The number of anilines is 1. The summed E-state index contributed by atoms with van der Waals surface area (Å²) in [6.45, 7) is 0.887. The zero-order chi connectivity index (χ0) is 19.8. The summed E-state index contributed by atoms with van der Waals surface area (Å²) >= 11 is 0. The van der Waals surface area contributed by atoms with Gasteiger partial charge in [-0.15, -0.1) is 0 Å². The van der Waals surface area contributed by atoms with E-state index in [-0.39, 0.29) is 24.6 Å². The third-order valence-corrected chi connectivity index (χ3v) is 4.60. The summed E-state index contributed by atoms with van der Waals surface area (Å²) in [4.78, 5) is 35.8. The Labute approximate surface area is 151 Å². The fraction of sp³-hybridized carbons (Fsp3) is 0.500. The number of hydrazine groups is 1. The highest BCUT2D eigenvalue weighted by atomic mass is 19.4. The Hall–Kier alpha value is -2.85. The van der Waals surface area contributed by atoms with Gasteiger partial charge in [-0.25, -0.2) is 0 Å². The second-order valence-corrected chi connectivity index (χ2v) is 6.74. The summed E-state index contributed by atoms with van der Waals surface area (Å²) in [6, 6.07) is 1.95. The van der Waals surface area contributed by atoms with Gasteiger partial charge < -0.3 is 4.90 Å². The van der Waals surface area contributed by atoms with E-state index in [2.05, 4.69) is 10.9 Å². The molecule has 3 rings (SSSR count). The molecule has 8 nitrogen and oxygen atoms in total. The zero-order valence-corrected chi connectivity index (χ0v) is 14.1. The summed E-state index contributed by atoms with van der Waals surface area (Å²) in [5.74, 6) is -0.792. The fourth-order valence-corrected chi connectivity index (χ4v) is 2.93. The van der Waals surface area contributed by atoms with Crippen LogP contribution in [0.3, 0.4) is 0 Å². The molecule has 2 amide bonds. The quantitative estimate of drug-likeness (QED) is 0.577. The van der Waals surface area contributed by atoms with Gasteiger partial charge in [-0.2, -0.15) is 13.2 Å². The van der Waals surface area contributed by atoms with Gasteiger partial charge in [0.1, 0.15) is 5.69 Å². The normalized spacial score (nSPS) is 19.9. The van der Waals surface area contributed by atoms with Crippen molar-refractivity contribution in [3.8, 4) is 0 Å². The number of likely N-dealkylation sites (tertiary alicyclic amines) is 1. The fourth-order valence-electron chi connectivity index (χ4n) is 2.93. The molecule has 11 heteroatoms. The van der Waals surface area contributed by atoms with Crippen LogP contribution in [-0.2, 0) is 15.8 Å². The van der Waals surface area contributed by atoms with Gasteiger partial charge >= 0.3 is 6.18 Å². The van der Waals surface area contributed by atoms with E-state index < -0.39 is 34.2 Å². The summed E-state index contributed by atoms with van der Waals surface area (Å²) in [5.41, 5.74) is 2.29. The molecule has 0 bridgehead atoms. The summed E-state index contributed by atoms with van der Waals surface area (Å²) in [6.07, 6.45) is -2.54. The van der Waals surface area contributed by atoms with Crippen LogP contribution in [0.15, 0.2) is 18.2 Å². The number of benzene rings is 1. The summed E-state index contributed by atoms with van der Waals surface area (Å²) < 4.78 is 38.1. The van der Waals surface area contributed by atoms with Crippen LogP contribution in [0.4, 0.5) is 24.5 Å².